The summed E-state index contributed by atoms with van der Waals surface area (Å²) in [5.41, 5.74) is 0.680. The van der Waals surface area contributed by atoms with Crippen molar-refractivity contribution in [2.24, 2.45) is 0 Å². The van der Waals surface area contributed by atoms with Crippen molar-refractivity contribution in [2.45, 2.75) is 13.3 Å². The van der Waals surface area contributed by atoms with Gasteiger partial charge in [-0.05, 0) is 18.7 Å². The number of nitrogens with one attached hydrogen (secondary N) is 1. The summed E-state index contributed by atoms with van der Waals surface area (Å²) in [6.45, 7) is 3.78. The molecule has 108 valence electrons. The van der Waals surface area contributed by atoms with Crippen molar-refractivity contribution in [2.75, 3.05) is 27.3 Å². The summed E-state index contributed by atoms with van der Waals surface area (Å²) in [6, 6.07) is 5.52. The lowest BCUT2D eigenvalue weighted by molar-refractivity contribution is 0.393. The van der Waals surface area contributed by atoms with E-state index in [-0.39, 0.29) is 0 Å². The highest BCUT2D eigenvalue weighted by atomic mass is 16.5. The normalized spacial score (nSPS) is 10.6. The third kappa shape index (κ3) is 3.08. The van der Waals surface area contributed by atoms with Crippen LogP contribution >= 0.6 is 0 Å². The van der Waals surface area contributed by atoms with E-state index in [1.165, 1.54) is 0 Å². The van der Waals surface area contributed by atoms with E-state index >= 15 is 0 Å². The van der Waals surface area contributed by atoms with Crippen molar-refractivity contribution >= 4 is 0 Å². The minimum absolute atomic E-state index is 0.408. The molecule has 1 aromatic heterocycles. The molecule has 0 saturated heterocycles. The molecule has 0 unspecified atom stereocenters. The number of ether oxygens (including phenoxy) is 2. The zero-order valence-electron chi connectivity index (χ0n) is 12.0. The number of hydrogen-bond donors (Lipinski definition) is 1. The van der Waals surface area contributed by atoms with Crippen molar-refractivity contribution in [1.82, 2.24) is 15.5 Å². The first-order valence-electron chi connectivity index (χ1n) is 6.54. The molecule has 20 heavy (non-hydrogen) atoms. The Labute approximate surface area is 118 Å². The van der Waals surface area contributed by atoms with Gasteiger partial charge in [-0.1, -0.05) is 13.0 Å². The Hall–Kier alpha value is -2.08. The van der Waals surface area contributed by atoms with E-state index in [1.54, 1.807) is 14.2 Å². The first kappa shape index (κ1) is 14.3. The molecule has 0 aliphatic rings. The quantitative estimate of drug-likeness (QED) is 0.780. The smallest absolute Gasteiger partial charge is 0.255 e. The van der Waals surface area contributed by atoms with E-state index in [0.29, 0.717) is 35.3 Å². The SMILES string of the molecule is CCNCCc1nnc(-c2c(OC)cccc2OC)o1. The maximum absolute atomic E-state index is 5.68. The summed E-state index contributed by atoms with van der Waals surface area (Å²) in [5, 5.41) is 11.3. The summed E-state index contributed by atoms with van der Waals surface area (Å²) in [5.74, 6) is 2.29. The highest BCUT2D eigenvalue weighted by Gasteiger charge is 2.18. The summed E-state index contributed by atoms with van der Waals surface area (Å²) in [4.78, 5) is 0. The summed E-state index contributed by atoms with van der Waals surface area (Å²) in [7, 11) is 3.20. The van der Waals surface area contributed by atoms with E-state index < -0.39 is 0 Å². The Morgan fingerprint density at radius 3 is 2.45 bits per heavy atom. The first-order chi connectivity index (χ1) is 9.80. The highest BCUT2D eigenvalue weighted by molar-refractivity contribution is 5.70. The van der Waals surface area contributed by atoms with E-state index in [1.807, 2.05) is 18.2 Å². The number of benzene rings is 1. The summed E-state index contributed by atoms with van der Waals surface area (Å²) >= 11 is 0. The fraction of sp³-hybridized carbons (Fsp3) is 0.429. The number of likely N-dealkylation sites (N-methyl/N-ethyl adjacent to an activating group) is 1. The fourth-order valence-corrected chi connectivity index (χ4v) is 1.89. The predicted octanol–water partition coefficient (Wildman–Crippen LogP) is 1.91. The second kappa shape index (κ2) is 6.91. The number of methoxy groups -OCH3 is 2. The second-order valence-corrected chi connectivity index (χ2v) is 4.14. The largest absolute Gasteiger partial charge is 0.496 e. The zero-order valence-corrected chi connectivity index (χ0v) is 12.0. The average molecular weight is 277 g/mol. The van der Waals surface area contributed by atoms with Gasteiger partial charge in [-0.3, -0.25) is 0 Å². The standard InChI is InChI=1S/C14H19N3O3/c1-4-15-9-8-12-16-17-14(20-12)13-10(18-2)6-5-7-11(13)19-3/h5-7,15H,4,8-9H2,1-3H3. The molecule has 2 rings (SSSR count). The van der Waals surface area contributed by atoms with Crippen molar-refractivity contribution in [3.8, 4) is 23.0 Å². The minimum atomic E-state index is 0.408. The van der Waals surface area contributed by atoms with Gasteiger partial charge in [-0.2, -0.15) is 0 Å². The van der Waals surface area contributed by atoms with Crippen LogP contribution in [0.4, 0.5) is 0 Å². The molecule has 0 aliphatic heterocycles. The third-order valence-electron chi connectivity index (χ3n) is 2.87. The van der Waals surface area contributed by atoms with E-state index in [0.717, 1.165) is 13.1 Å². The first-order valence-corrected chi connectivity index (χ1v) is 6.54. The Bertz CT molecular complexity index is 532. The zero-order chi connectivity index (χ0) is 14.4. The third-order valence-corrected chi connectivity index (χ3v) is 2.87. The van der Waals surface area contributed by atoms with Crippen LogP contribution in [0.25, 0.3) is 11.5 Å². The topological polar surface area (TPSA) is 69.4 Å². The van der Waals surface area contributed by atoms with Gasteiger partial charge in [0, 0.05) is 13.0 Å². The fourth-order valence-electron chi connectivity index (χ4n) is 1.89. The van der Waals surface area contributed by atoms with Crippen molar-refractivity contribution in [3.63, 3.8) is 0 Å². The molecule has 6 heteroatoms. The lowest BCUT2D eigenvalue weighted by atomic mass is 10.2. The molecule has 0 aliphatic carbocycles. The average Bonchev–Trinajstić information content (AvgIpc) is 2.95. The Balaban J connectivity index is 2.27. The van der Waals surface area contributed by atoms with Gasteiger partial charge in [0.15, 0.2) is 0 Å². The molecule has 0 amide bonds. The molecule has 0 fully saturated rings. The molecule has 0 bridgehead atoms. The van der Waals surface area contributed by atoms with Gasteiger partial charge in [0.25, 0.3) is 5.89 Å². The lowest BCUT2D eigenvalue weighted by Crippen LogP contribution is -2.16. The Morgan fingerprint density at radius 2 is 1.85 bits per heavy atom. The van der Waals surface area contributed by atoms with Crippen LogP contribution in [-0.2, 0) is 6.42 Å². The van der Waals surface area contributed by atoms with Gasteiger partial charge in [-0.25, -0.2) is 0 Å². The van der Waals surface area contributed by atoms with Crippen LogP contribution in [-0.4, -0.2) is 37.5 Å². The molecule has 6 nitrogen and oxygen atoms in total. The van der Waals surface area contributed by atoms with Crippen LogP contribution < -0.4 is 14.8 Å². The van der Waals surface area contributed by atoms with Gasteiger partial charge in [-0.15, -0.1) is 10.2 Å². The monoisotopic (exact) mass is 277 g/mol. The van der Waals surface area contributed by atoms with Crippen molar-refractivity contribution in [3.05, 3.63) is 24.1 Å². The maximum atomic E-state index is 5.68. The lowest BCUT2D eigenvalue weighted by Gasteiger charge is -2.09. The molecule has 0 saturated carbocycles. The Kier molecular flexibility index (Phi) is 4.95. The molecule has 1 heterocycles. The van der Waals surface area contributed by atoms with Crippen LogP contribution in [0.1, 0.15) is 12.8 Å². The number of aromatic nitrogens is 2. The second-order valence-electron chi connectivity index (χ2n) is 4.14. The van der Waals surface area contributed by atoms with Gasteiger partial charge >= 0.3 is 0 Å². The van der Waals surface area contributed by atoms with Gasteiger partial charge in [0.05, 0.1) is 14.2 Å². The highest BCUT2D eigenvalue weighted by Crippen LogP contribution is 2.37. The molecule has 0 spiro atoms. The van der Waals surface area contributed by atoms with Crippen LogP contribution in [0, 0.1) is 0 Å². The van der Waals surface area contributed by atoms with E-state index in [4.69, 9.17) is 13.9 Å². The van der Waals surface area contributed by atoms with E-state index in [9.17, 15) is 0 Å². The molecule has 1 N–H and O–H groups in total. The van der Waals surface area contributed by atoms with E-state index in [2.05, 4.69) is 22.4 Å². The molecular weight excluding hydrogens is 258 g/mol. The summed E-state index contributed by atoms with van der Waals surface area (Å²) in [6.07, 6.45) is 0.693. The van der Waals surface area contributed by atoms with Crippen LogP contribution in [0.5, 0.6) is 11.5 Å². The van der Waals surface area contributed by atoms with Crippen molar-refractivity contribution < 1.29 is 13.9 Å². The minimum Gasteiger partial charge on any atom is -0.496 e. The van der Waals surface area contributed by atoms with Gasteiger partial charge in [0.1, 0.15) is 17.1 Å². The number of nitrogens with zero attached hydrogens (tertiary/aromatic N) is 2. The molecule has 0 radical (unpaired) electrons. The van der Waals surface area contributed by atoms with Crippen molar-refractivity contribution in [1.29, 1.82) is 0 Å². The molecule has 2 aromatic rings. The Morgan fingerprint density at radius 1 is 1.15 bits per heavy atom. The number of hydrogen-bond acceptors (Lipinski definition) is 6. The summed E-state index contributed by atoms with van der Waals surface area (Å²) < 4.78 is 16.3. The number of rotatable bonds is 7. The van der Waals surface area contributed by atoms with Crippen LogP contribution in [0.2, 0.25) is 0 Å². The van der Waals surface area contributed by atoms with Crippen LogP contribution in [0.15, 0.2) is 22.6 Å². The predicted molar refractivity (Wildman–Crippen MR) is 75.1 cm³/mol. The molecule has 0 atom stereocenters. The van der Waals surface area contributed by atoms with Gasteiger partial charge < -0.3 is 19.2 Å². The van der Waals surface area contributed by atoms with Gasteiger partial charge in [0.2, 0.25) is 5.89 Å². The van der Waals surface area contributed by atoms with Crippen LogP contribution in [0.3, 0.4) is 0 Å². The molecular formula is C14H19N3O3. The molecule has 1 aromatic carbocycles. The maximum Gasteiger partial charge on any atom is 0.255 e.